The van der Waals surface area contributed by atoms with Gasteiger partial charge in [-0.2, -0.15) is 4.31 Å². The summed E-state index contributed by atoms with van der Waals surface area (Å²) in [5.74, 6) is 0.295. The largest absolute Gasteiger partial charge is 0.496 e. The third-order valence-corrected chi connectivity index (χ3v) is 6.97. The van der Waals surface area contributed by atoms with Crippen LogP contribution in [0.2, 0.25) is 0 Å². The minimum absolute atomic E-state index is 0.0543. The van der Waals surface area contributed by atoms with Crippen molar-refractivity contribution in [1.82, 2.24) is 14.5 Å². The summed E-state index contributed by atoms with van der Waals surface area (Å²) in [4.78, 5) is 14.2. The first-order valence-electron chi connectivity index (χ1n) is 9.82. The van der Waals surface area contributed by atoms with Gasteiger partial charge in [0.05, 0.1) is 12.0 Å². The summed E-state index contributed by atoms with van der Waals surface area (Å²) < 4.78 is 45.4. The highest BCUT2D eigenvalue weighted by molar-refractivity contribution is 7.89. The molecule has 0 spiro atoms. The van der Waals surface area contributed by atoms with E-state index in [0.717, 1.165) is 23.4 Å². The van der Waals surface area contributed by atoms with Gasteiger partial charge in [0, 0.05) is 32.7 Å². The normalized spacial score (nSPS) is 15.5. The Hall–Kier alpha value is -2.65. The van der Waals surface area contributed by atoms with Crippen molar-refractivity contribution in [3.8, 4) is 5.75 Å². The summed E-state index contributed by atoms with van der Waals surface area (Å²) >= 11 is 0. The summed E-state index contributed by atoms with van der Waals surface area (Å²) in [5.41, 5.74) is 1.01. The van der Waals surface area contributed by atoms with Crippen molar-refractivity contribution in [3.63, 3.8) is 0 Å². The van der Waals surface area contributed by atoms with Gasteiger partial charge < -0.3 is 15.0 Å². The Balaban J connectivity index is 1.54. The molecule has 0 aliphatic carbocycles. The lowest BCUT2D eigenvalue weighted by molar-refractivity contribution is 0.200. The minimum Gasteiger partial charge on any atom is -0.496 e. The molecule has 0 aromatic heterocycles. The lowest BCUT2D eigenvalue weighted by atomic mass is 10.1. The molecule has 2 aromatic rings. The molecule has 1 heterocycles. The predicted octanol–water partition coefficient (Wildman–Crippen LogP) is 2.48. The molecule has 2 amide bonds. The Labute approximate surface area is 176 Å². The van der Waals surface area contributed by atoms with Gasteiger partial charge in [0.25, 0.3) is 0 Å². The van der Waals surface area contributed by atoms with E-state index in [0.29, 0.717) is 39.0 Å². The van der Waals surface area contributed by atoms with Crippen LogP contribution in [0, 0.1) is 5.82 Å². The van der Waals surface area contributed by atoms with E-state index in [9.17, 15) is 17.6 Å². The van der Waals surface area contributed by atoms with E-state index in [1.165, 1.54) is 16.4 Å². The average molecular weight is 436 g/mol. The SMILES string of the molecule is COc1ccccc1CCNC(=O)N1CCCN(S(=O)(=O)c2ccc(F)cc2)CC1. The highest BCUT2D eigenvalue weighted by Gasteiger charge is 2.28. The number of benzene rings is 2. The Bertz CT molecular complexity index is 966. The quantitative estimate of drug-likeness (QED) is 0.756. The van der Waals surface area contributed by atoms with E-state index in [-0.39, 0.29) is 17.5 Å². The lowest BCUT2D eigenvalue weighted by Gasteiger charge is -2.22. The number of carbonyl (C=O) groups is 1. The van der Waals surface area contributed by atoms with Crippen LogP contribution in [0.15, 0.2) is 53.4 Å². The van der Waals surface area contributed by atoms with Crippen LogP contribution >= 0.6 is 0 Å². The number of nitrogens with zero attached hydrogens (tertiary/aromatic N) is 2. The van der Waals surface area contributed by atoms with Gasteiger partial charge in [0.2, 0.25) is 10.0 Å². The number of hydrogen-bond acceptors (Lipinski definition) is 4. The van der Waals surface area contributed by atoms with Crippen LogP contribution in [0.3, 0.4) is 0 Å². The summed E-state index contributed by atoms with van der Waals surface area (Å²) in [6.45, 7) is 1.72. The fraction of sp³-hybridized carbons (Fsp3) is 0.381. The monoisotopic (exact) mass is 435 g/mol. The number of ether oxygens (including phenoxy) is 1. The molecule has 0 unspecified atom stereocenters. The van der Waals surface area contributed by atoms with Crippen LogP contribution < -0.4 is 10.1 Å². The molecule has 162 valence electrons. The zero-order valence-corrected chi connectivity index (χ0v) is 17.7. The number of methoxy groups -OCH3 is 1. The van der Waals surface area contributed by atoms with Crippen LogP contribution in [-0.2, 0) is 16.4 Å². The van der Waals surface area contributed by atoms with Gasteiger partial charge in [-0.3, -0.25) is 0 Å². The van der Waals surface area contributed by atoms with E-state index in [2.05, 4.69) is 5.32 Å². The second-order valence-electron chi connectivity index (χ2n) is 6.99. The van der Waals surface area contributed by atoms with Gasteiger partial charge in [0.1, 0.15) is 11.6 Å². The molecule has 3 rings (SSSR count). The number of nitrogens with one attached hydrogen (secondary N) is 1. The van der Waals surface area contributed by atoms with Gasteiger partial charge in [-0.1, -0.05) is 18.2 Å². The molecule has 1 aliphatic heterocycles. The molecule has 9 heteroatoms. The first kappa shape index (κ1) is 22.0. The Morgan fingerprint density at radius 2 is 1.80 bits per heavy atom. The smallest absolute Gasteiger partial charge is 0.317 e. The van der Waals surface area contributed by atoms with Crippen molar-refractivity contribution >= 4 is 16.1 Å². The fourth-order valence-corrected chi connectivity index (χ4v) is 4.89. The van der Waals surface area contributed by atoms with Crippen LogP contribution in [0.5, 0.6) is 5.75 Å². The second kappa shape index (κ2) is 9.90. The predicted molar refractivity (Wildman–Crippen MR) is 111 cm³/mol. The number of carbonyl (C=O) groups excluding carboxylic acids is 1. The number of hydrogen-bond donors (Lipinski definition) is 1. The first-order chi connectivity index (χ1) is 14.4. The van der Waals surface area contributed by atoms with Crippen LogP contribution in [0.1, 0.15) is 12.0 Å². The number of amides is 2. The summed E-state index contributed by atoms with van der Waals surface area (Å²) in [6, 6.07) is 12.2. The molecule has 1 N–H and O–H groups in total. The molecule has 2 aromatic carbocycles. The van der Waals surface area contributed by atoms with Gasteiger partial charge >= 0.3 is 6.03 Å². The maximum atomic E-state index is 13.1. The van der Waals surface area contributed by atoms with Crippen molar-refractivity contribution in [2.75, 3.05) is 39.8 Å². The maximum Gasteiger partial charge on any atom is 0.317 e. The number of halogens is 1. The number of sulfonamides is 1. The van der Waals surface area contributed by atoms with Gasteiger partial charge in [-0.25, -0.2) is 17.6 Å². The van der Waals surface area contributed by atoms with Crippen molar-refractivity contribution in [1.29, 1.82) is 0 Å². The molecule has 0 saturated carbocycles. The van der Waals surface area contributed by atoms with Gasteiger partial charge in [-0.15, -0.1) is 0 Å². The summed E-state index contributed by atoms with van der Waals surface area (Å²) in [7, 11) is -2.11. The number of urea groups is 1. The van der Waals surface area contributed by atoms with Crippen LogP contribution in [0.25, 0.3) is 0 Å². The Morgan fingerprint density at radius 1 is 1.07 bits per heavy atom. The molecule has 0 radical (unpaired) electrons. The molecule has 7 nitrogen and oxygen atoms in total. The van der Waals surface area contributed by atoms with Crippen molar-refractivity contribution in [2.24, 2.45) is 0 Å². The molecular weight excluding hydrogens is 409 g/mol. The first-order valence-corrected chi connectivity index (χ1v) is 11.3. The lowest BCUT2D eigenvalue weighted by Crippen LogP contribution is -2.43. The second-order valence-corrected chi connectivity index (χ2v) is 8.93. The Morgan fingerprint density at radius 3 is 2.53 bits per heavy atom. The van der Waals surface area contributed by atoms with E-state index in [4.69, 9.17) is 4.74 Å². The molecule has 1 aliphatic rings. The molecule has 1 fully saturated rings. The summed E-state index contributed by atoms with van der Waals surface area (Å²) in [6.07, 6.45) is 1.16. The zero-order chi connectivity index (χ0) is 21.6. The van der Waals surface area contributed by atoms with Crippen molar-refractivity contribution in [3.05, 3.63) is 59.9 Å². The van der Waals surface area contributed by atoms with E-state index >= 15 is 0 Å². The van der Waals surface area contributed by atoms with Crippen molar-refractivity contribution in [2.45, 2.75) is 17.7 Å². The molecule has 30 heavy (non-hydrogen) atoms. The number of rotatable bonds is 6. The highest BCUT2D eigenvalue weighted by Crippen LogP contribution is 2.19. The maximum absolute atomic E-state index is 13.1. The third kappa shape index (κ3) is 5.28. The molecular formula is C21H26FN3O4S. The van der Waals surface area contributed by atoms with E-state index in [1.54, 1.807) is 12.0 Å². The minimum atomic E-state index is -3.72. The standard InChI is InChI=1S/C21H26FN3O4S/c1-29-20-6-3-2-5-17(20)11-12-23-21(26)24-13-4-14-25(16-15-24)30(27,28)19-9-7-18(22)8-10-19/h2-3,5-10H,4,11-16H2,1H3,(H,23,26). The topological polar surface area (TPSA) is 79.0 Å². The van der Waals surface area contributed by atoms with Crippen LogP contribution in [0.4, 0.5) is 9.18 Å². The van der Waals surface area contributed by atoms with E-state index < -0.39 is 15.8 Å². The number of para-hydroxylation sites is 1. The van der Waals surface area contributed by atoms with Crippen molar-refractivity contribution < 1.29 is 22.3 Å². The average Bonchev–Trinajstić information content (AvgIpc) is 3.01. The van der Waals surface area contributed by atoms with Gasteiger partial charge in [0.15, 0.2) is 0 Å². The molecule has 0 bridgehead atoms. The highest BCUT2D eigenvalue weighted by atomic mass is 32.2. The summed E-state index contributed by atoms with van der Waals surface area (Å²) in [5, 5.41) is 2.89. The molecule has 1 saturated heterocycles. The van der Waals surface area contributed by atoms with E-state index in [1.807, 2.05) is 24.3 Å². The third-order valence-electron chi connectivity index (χ3n) is 5.06. The zero-order valence-electron chi connectivity index (χ0n) is 16.9. The Kier molecular flexibility index (Phi) is 7.28. The molecule has 0 atom stereocenters. The van der Waals surface area contributed by atoms with Crippen LogP contribution in [-0.4, -0.2) is 63.5 Å². The van der Waals surface area contributed by atoms with Gasteiger partial charge in [-0.05, 0) is 48.7 Å². The fourth-order valence-electron chi connectivity index (χ4n) is 3.42.